The molecule has 2 N–H and O–H groups in total. The van der Waals surface area contributed by atoms with Crippen molar-refractivity contribution in [2.75, 3.05) is 6.61 Å². The lowest BCUT2D eigenvalue weighted by Gasteiger charge is -2.17. The predicted octanol–water partition coefficient (Wildman–Crippen LogP) is 1.92. The van der Waals surface area contributed by atoms with Gasteiger partial charge in [-0.1, -0.05) is 29.1 Å². The standard InChI is InChI=1S/C14H8Cl2N2O3S/c1-2-3-21-11-7(4-8(15)6-10(11)16)5-9-12(19)17-14(22)18-13(9)20/h1,4-6H,3H2,(H2,17,18,19,20,22). The largest absolute Gasteiger partial charge is 0.479 e. The molecule has 2 amide bonds. The lowest BCUT2D eigenvalue weighted by atomic mass is 10.1. The van der Waals surface area contributed by atoms with Crippen molar-refractivity contribution in [3.8, 4) is 18.1 Å². The Kier molecular flexibility index (Phi) is 5.03. The SMILES string of the molecule is C#CCOc1c(Cl)cc(Cl)cc1C=C1C(=O)NC(=S)NC1=O. The van der Waals surface area contributed by atoms with Crippen LogP contribution in [0.5, 0.6) is 5.75 Å². The number of halogens is 2. The van der Waals surface area contributed by atoms with Crippen molar-refractivity contribution < 1.29 is 14.3 Å². The number of rotatable bonds is 3. The van der Waals surface area contributed by atoms with Gasteiger partial charge in [-0.15, -0.1) is 6.42 Å². The van der Waals surface area contributed by atoms with Gasteiger partial charge in [0.1, 0.15) is 17.9 Å². The first kappa shape index (κ1) is 16.3. The summed E-state index contributed by atoms with van der Waals surface area (Å²) in [7, 11) is 0. The van der Waals surface area contributed by atoms with Gasteiger partial charge in [-0.3, -0.25) is 20.2 Å². The Morgan fingerprint density at radius 2 is 1.91 bits per heavy atom. The Labute approximate surface area is 141 Å². The van der Waals surface area contributed by atoms with E-state index in [1.165, 1.54) is 18.2 Å². The lowest BCUT2D eigenvalue weighted by molar-refractivity contribution is -0.123. The number of amides is 2. The van der Waals surface area contributed by atoms with Crippen LogP contribution in [-0.2, 0) is 9.59 Å². The van der Waals surface area contributed by atoms with Crippen LogP contribution in [0.4, 0.5) is 0 Å². The third kappa shape index (κ3) is 3.57. The van der Waals surface area contributed by atoms with Crippen LogP contribution in [0.1, 0.15) is 5.56 Å². The molecule has 2 rings (SSSR count). The molecule has 0 atom stereocenters. The molecule has 1 aliphatic rings. The van der Waals surface area contributed by atoms with Gasteiger partial charge >= 0.3 is 0 Å². The molecule has 0 aromatic heterocycles. The molecule has 8 heteroatoms. The van der Waals surface area contributed by atoms with E-state index in [2.05, 4.69) is 16.6 Å². The molecule has 112 valence electrons. The first-order chi connectivity index (χ1) is 10.4. The maximum atomic E-state index is 11.8. The molecule has 5 nitrogen and oxygen atoms in total. The molecule has 1 heterocycles. The van der Waals surface area contributed by atoms with Crippen molar-refractivity contribution in [3.63, 3.8) is 0 Å². The molecule has 22 heavy (non-hydrogen) atoms. The molecular formula is C14H8Cl2N2O3S. The molecule has 0 saturated carbocycles. The molecule has 0 spiro atoms. The summed E-state index contributed by atoms with van der Waals surface area (Å²) in [6.45, 7) is -0.0278. The number of benzene rings is 1. The van der Waals surface area contributed by atoms with Crippen molar-refractivity contribution in [2.45, 2.75) is 0 Å². The highest BCUT2D eigenvalue weighted by Gasteiger charge is 2.26. The Hall–Kier alpha value is -2.07. The number of carbonyl (C=O) groups excluding carboxylic acids is 2. The minimum absolute atomic E-state index is 0.0278. The number of thiocarbonyl (C=S) groups is 1. The van der Waals surface area contributed by atoms with E-state index in [9.17, 15) is 9.59 Å². The van der Waals surface area contributed by atoms with Gasteiger partial charge in [0.25, 0.3) is 11.8 Å². The van der Waals surface area contributed by atoms with Gasteiger partial charge < -0.3 is 4.74 Å². The van der Waals surface area contributed by atoms with E-state index in [0.717, 1.165) is 0 Å². The fourth-order valence-electron chi connectivity index (χ4n) is 1.72. The van der Waals surface area contributed by atoms with Crippen molar-refractivity contribution in [1.82, 2.24) is 10.6 Å². The Morgan fingerprint density at radius 1 is 1.27 bits per heavy atom. The van der Waals surface area contributed by atoms with E-state index in [1.54, 1.807) is 0 Å². The minimum Gasteiger partial charge on any atom is -0.479 e. The summed E-state index contributed by atoms with van der Waals surface area (Å²) in [5.41, 5.74) is 0.193. The van der Waals surface area contributed by atoms with E-state index in [0.29, 0.717) is 10.6 Å². The highest BCUT2D eigenvalue weighted by atomic mass is 35.5. The number of hydrogen-bond acceptors (Lipinski definition) is 4. The molecule has 1 aromatic carbocycles. The van der Waals surface area contributed by atoms with Crippen molar-refractivity contribution in [2.24, 2.45) is 0 Å². The van der Waals surface area contributed by atoms with Crippen LogP contribution in [0.2, 0.25) is 10.0 Å². The highest BCUT2D eigenvalue weighted by molar-refractivity contribution is 7.80. The van der Waals surface area contributed by atoms with Gasteiger partial charge in [0.15, 0.2) is 5.11 Å². The van der Waals surface area contributed by atoms with E-state index >= 15 is 0 Å². The monoisotopic (exact) mass is 354 g/mol. The van der Waals surface area contributed by atoms with E-state index in [-0.39, 0.29) is 28.1 Å². The van der Waals surface area contributed by atoms with Gasteiger partial charge in [0, 0.05) is 10.6 Å². The zero-order valence-corrected chi connectivity index (χ0v) is 13.2. The summed E-state index contributed by atoms with van der Waals surface area (Å²) in [6.07, 6.45) is 6.45. The second-order valence-electron chi connectivity index (χ2n) is 4.09. The third-order valence-corrected chi connectivity index (χ3v) is 3.28. The normalized spacial score (nSPS) is 14.0. The molecule has 0 radical (unpaired) electrons. The molecule has 0 bridgehead atoms. The number of nitrogens with one attached hydrogen (secondary N) is 2. The van der Waals surface area contributed by atoms with Crippen LogP contribution in [0.3, 0.4) is 0 Å². The topological polar surface area (TPSA) is 67.4 Å². The molecule has 1 saturated heterocycles. The first-order valence-electron chi connectivity index (χ1n) is 5.86. The van der Waals surface area contributed by atoms with Crippen LogP contribution >= 0.6 is 35.4 Å². The van der Waals surface area contributed by atoms with Crippen LogP contribution in [0, 0.1) is 12.3 Å². The predicted molar refractivity (Wildman–Crippen MR) is 87.7 cm³/mol. The van der Waals surface area contributed by atoms with Crippen molar-refractivity contribution >= 4 is 58.4 Å². The van der Waals surface area contributed by atoms with Crippen molar-refractivity contribution in [3.05, 3.63) is 33.3 Å². The summed E-state index contributed by atoms with van der Waals surface area (Å²) < 4.78 is 5.34. The van der Waals surface area contributed by atoms with Crippen molar-refractivity contribution in [1.29, 1.82) is 0 Å². The Morgan fingerprint density at radius 3 is 2.50 bits per heavy atom. The zero-order valence-electron chi connectivity index (χ0n) is 10.9. The molecule has 1 aromatic rings. The van der Waals surface area contributed by atoms with E-state index in [1.807, 2.05) is 0 Å². The maximum absolute atomic E-state index is 11.8. The Balaban J connectivity index is 2.49. The molecule has 0 aliphatic carbocycles. The molecule has 0 unspecified atom stereocenters. The van der Waals surface area contributed by atoms with Crippen LogP contribution < -0.4 is 15.4 Å². The summed E-state index contributed by atoms with van der Waals surface area (Å²) in [5, 5.41) is 5.12. The van der Waals surface area contributed by atoms with E-state index in [4.69, 9.17) is 46.6 Å². The number of terminal acetylenes is 1. The fourth-order valence-corrected chi connectivity index (χ4v) is 2.46. The zero-order chi connectivity index (χ0) is 16.3. The summed E-state index contributed by atoms with van der Waals surface area (Å²) in [4.78, 5) is 23.7. The lowest BCUT2D eigenvalue weighted by Crippen LogP contribution is -2.51. The molecule has 1 aliphatic heterocycles. The smallest absolute Gasteiger partial charge is 0.263 e. The average Bonchev–Trinajstić information content (AvgIpc) is 2.41. The van der Waals surface area contributed by atoms with Gasteiger partial charge in [-0.25, -0.2) is 0 Å². The molecular weight excluding hydrogens is 347 g/mol. The summed E-state index contributed by atoms with van der Waals surface area (Å²) >= 11 is 16.7. The Bertz CT molecular complexity index is 731. The molecule has 1 fully saturated rings. The number of ether oxygens (including phenoxy) is 1. The average molecular weight is 355 g/mol. The van der Waals surface area contributed by atoms with Gasteiger partial charge in [0.05, 0.1) is 5.02 Å². The number of carbonyl (C=O) groups is 2. The van der Waals surface area contributed by atoms with Gasteiger partial charge in [-0.05, 0) is 30.4 Å². The number of hydrogen-bond donors (Lipinski definition) is 2. The summed E-state index contributed by atoms with van der Waals surface area (Å²) in [6, 6.07) is 2.97. The van der Waals surface area contributed by atoms with Gasteiger partial charge in [0.2, 0.25) is 0 Å². The minimum atomic E-state index is -0.632. The fraction of sp³-hybridized carbons (Fsp3) is 0.0714. The van der Waals surface area contributed by atoms with Crippen LogP contribution in [0.25, 0.3) is 6.08 Å². The van der Waals surface area contributed by atoms with Crippen LogP contribution in [0.15, 0.2) is 17.7 Å². The quantitative estimate of drug-likeness (QED) is 0.376. The van der Waals surface area contributed by atoms with Crippen LogP contribution in [-0.4, -0.2) is 23.5 Å². The summed E-state index contributed by atoms with van der Waals surface area (Å²) in [5.74, 6) is 1.27. The maximum Gasteiger partial charge on any atom is 0.263 e. The second-order valence-corrected chi connectivity index (χ2v) is 5.35. The van der Waals surface area contributed by atoms with Gasteiger partial charge in [-0.2, -0.15) is 0 Å². The first-order valence-corrected chi connectivity index (χ1v) is 7.02. The second kappa shape index (κ2) is 6.79. The highest BCUT2D eigenvalue weighted by Crippen LogP contribution is 2.34. The third-order valence-electron chi connectivity index (χ3n) is 2.58. The van der Waals surface area contributed by atoms with E-state index < -0.39 is 11.8 Å².